The number of piperidine rings is 1. The van der Waals surface area contributed by atoms with Crippen LogP contribution in [0, 0.1) is 0 Å². The Balaban J connectivity index is 1.40. The van der Waals surface area contributed by atoms with Crippen molar-refractivity contribution >= 4 is 10.8 Å². The maximum atomic E-state index is 12.8. The van der Waals surface area contributed by atoms with Crippen LogP contribution in [0.5, 0.6) is 5.75 Å². The highest BCUT2D eigenvalue weighted by atomic mass is 16.5. The van der Waals surface area contributed by atoms with Gasteiger partial charge >= 0.3 is 5.69 Å². The molecule has 7 heteroatoms. The van der Waals surface area contributed by atoms with Crippen LogP contribution in [0.15, 0.2) is 65.7 Å². The summed E-state index contributed by atoms with van der Waals surface area (Å²) < 4.78 is 6.99. The van der Waals surface area contributed by atoms with Crippen LogP contribution in [0.4, 0.5) is 0 Å². The number of ether oxygens (including phenoxy) is 1. The van der Waals surface area contributed by atoms with Crippen molar-refractivity contribution in [1.82, 2.24) is 24.6 Å². The van der Waals surface area contributed by atoms with E-state index >= 15 is 0 Å². The van der Waals surface area contributed by atoms with Gasteiger partial charge in [-0.1, -0.05) is 30.3 Å². The molecule has 7 nitrogen and oxygen atoms in total. The molecule has 3 heterocycles. The minimum atomic E-state index is -0.207. The Kier molecular flexibility index (Phi) is 5.26. The molecule has 0 amide bonds. The van der Waals surface area contributed by atoms with E-state index in [9.17, 15) is 4.79 Å². The van der Waals surface area contributed by atoms with E-state index in [0.717, 1.165) is 60.5 Å². The standard InChI is InChI=1S/C24H25N5O2/c1-31-22-10-3-2-6-18(22)15-28-13-5-8-19(16-28)23-26-24(30)29(27-23)21-9-4-7-17-14-25-12-11-20(17)21/h2-4,6-7,9-12,14,19H,5,8,13,15-16H2,1H3,(H,26,27,30). The lowest BCUT2D eigenvalue weighted by Crippen LogP contribution is -2.34. The second kappa shape index (κ2) is 8.35. The fourth-order valence-corrected chi connectivity index (χ4v) is 4.47. The number of methoxy groups -OCH3 is 1. The molecule has 2 aromatic heterocycles. The third kappa shape index (κ3) is 3.84. The largest absolute Gasteiger partial charge is 0.496 e. The Bertz CT molecular complexity index is 1260. The predicted molar refractivity (Wildman–Crippen MR) is 120 cm³/mol. The highest BCUT2D eigenvalue weighted by Gasteiger charge is 2.25. The summed E-state index contributed by atoms with van der Waals surface area (Å²) in [5.41, 5.74) is 1.74. The lowest BCUT2D eigenvalue weighted by molar-refractivity contribution is 0.194. The molecule has 0 radical (unpaired) electrons. The molecule has 0 saturated carbocycles. The summed E-state index contributed by atoms with van der Waals surface area (Å²) in [6.45, 7) is 2.70. The maximum Gasteiger partial charge on any atom is 0.348 e. The summed E-state index contributed by atoms with van der Waals surface area (Å²) >= 11 is 0. The molecule has 1 aliphatic rings. The second-order valence-corrected chi connectivity index (χ2v) is 7.99. The van der Waals surface area contributed by atoms with Gasteiger partial charge in [-0.2, -0.15) is 4.68 Å². The van der Waals surface area contributed by atoms with Gasteiger partial charge in [-0.25, -0.2) is 4.79 Å². The first-order valence-corrected chi connectivity index (χ1v) is 10.6. The van der Waals surface area contributed by atoms with E-state index < -0.39 is 0 Å². The number of pyridine rings is 1. The summed E-state index contributed by atoms with van der Waals surface area (Å²) in [5, 5.41) is 6.65. The van der Waals surface area contributed by atoms with Crippen LogP contribution in [-0.2, 0) is 6.54 Å². The Labute approximate surface area is 180 Å². The van der Waals surface area contributed by atoms with E-state index in [-0.39, 0.29) is 11.6 Å². The first-order chi connectivity index (χ1) is 15.2. The number of para-hydroxylation sites is 1. The van der Waals surface area contributed by atoms with Crippen molar-refractivity contribution < 1.29 is 4.74 Å². The molecule has 1 saturated heterocycles. The van der Waals surface area contributed by atoms with Gasteiger partial charge in [0, 0.05) is 47.7 Å². The van der Waals surface area contributed by atoms with Crippen LogP contribution < -0.4 is 10.4 Å². The Hall–Kier alpha value is -3.45. The van der Waals surface area contributed by atoms with Gasteiger partial charge in [-0.3, -0.25) is 14.9 Å². The zero-order chi connectivity index (χ0) is 21.2. The molecule has 1 aliphatic heterocycles. The third-order valence-electron chi connectivity index (χ3n) is 6.00. The van der Waals surface area contributed by atoms with Gasteiger partial charge in [0.1, 0.15) is 11.6 Å². The molecule has 1 unspecified atom stereocenters. The molecule has 158 valence electrons. The van der Waals surface area contributed by atoms with Crippen molar-refractivity contribution in [2.75, 3.05) is 20.2 Å². The normalized spacial score (nSPS) is 17.1. The van der Waals surface area contributed by atoms with Crippen molar-refractivity contribution in [3.63, 3.8) is 0 Å². The molecule has 4 aromatic rings. The minimum absolute atomic E-state index is 0.189. The average Bonchev–Trinajstić information content (AvgIpc) is 3.20. The number of aromatic nitrogens is 4. The number of nitrogens with zero attached hydrogens (tertiary/aromatic N) is 4. The summed E-state index contributed by atoms with van der Waals surface area (Å²) in [6, 6.07) is 15.9. The predicted octanol–water partition coefficient (Wildman–Crippen LogP) is 3.50. The lowest BCUT2D eigenvalue weighted by atomic mass is 9.97. The highest BCUT2D eigenvalue weighted by molar-refractivity contribution is 5.89. The number of aromatic amines is 1. The molecular formula is C24H25N5O2. The van der Waals surface area contributed by atoms with Crippen LogP contribution >= 0.6 is 0 Å². The smallest absolute Gasteiger partial charge is 0.348 e. The molecule has 1 N–H and O–H groups in total. The number of hydrogen-bond acceptors (Lipinski definition) is 5. The molecule has 31 heavy (non-hydrogen) atoms. The van der Waals surface area contributed by atoms with Gasteiger partial charge in [0.05, 0.1) is 12.8 Å². The molecule has 2 aromatic carbocycles. The fourth-order valence-electron chi connectivity index (χ4n) is 4.47. The van der Waals surface area contributed by atoms with Crippen molar-refractivity contribution in [2.45, 2.75) is 25.3 Å². The molecule has 5 rings (SSSR count). The zero-order valence-corrected chi connectivity index (χ0v) is 17.5. The van der Waals surface area contributed by atoms with Crippen molar-refractivity contribution in [2.24, 2.45) is 0 Å². The van der Waals surface area contributed by atoms with Crippen LogP contribution in [-0.4, -0.2) is 44.8 Å². The highest BCUT2D eigenvalue weighted by Crippen LogP contribution is 2.28. The fraction of sp³-hybridized carbons (Fsp3) is 0.292. The van der Waals surface area contributed by atoms with E-state index in [1.165, 1.54) is 10.2 Å². The number of likely N-dealkylation sites (tertiary alicyclic amines) is 1. The number of rotatable bonds is 5. The Morgan fingerprint density at radius 1 is 1.16 bits per heavy atom. The third-order valence-corrected chi connectivity index (χ3v) is 6.00. The number of fused-ring (bicyclic) bond motifs is 1. The SMILES string of the molecule is COc1ccccc1CN1CCCC(c2nn(-c3cccc4cnccc34)c(=O)[nH]2)C1. The van der Waals surface area contributed by atoms with Crippen LogP contribution in [0.2, 0.25) is 0 Å². The van der Waals surface area contributed by atoms with Gasteiger partial charge < -0.3 is 4.74 Å². The summed E-state index contributed by atoms with van der Waals surface area (Å²) in [5.74, 6) is 1.85. The molecule has 1 atom stereocenters. The minimum Gasteiger partial charge on any atom is -0.496 e. The molecule has 0 aliphatic carbocycles. The number of benzene rings is 2. The first-order valence-electron chi connectivity index (χ1n) is 10.6. The molecule has 1 fully saturated rings. The van der Waals surface area contributed by atoms with Crippen LogP contribution in [0.3, 0.4) is 0 Å². The maximum absolute atomic E-state index is 12.8. The van der Waals surface area contributed by atoms with Gasteiger partial charge in [-0.05, 0) is 37.6 Å². The molecular weight excluding hydrogens is 390 g/mol. The van der Waals surface area contributed by atoms with E-state index in [0.29, 0.717) is 0 Å². The van der Waals surface area contributed by atoms with Gasteiger partial charge in [0.25, 0.3) is 0 Å². The first kappa shape index (κ1) is 19.5. The summed E-state index contributed by atoms with van der Waals surface area (Å²) in [4.78, 5) is 22.4. The van der Waals surface area contributed by atoms with E-state index in [1.54, 1.807) is 19.5 Å². The Morgan fingerprint density at radius 3 is 2.97 bits per heavy atom. The van der Waals surface area contributed by atoms with Crippen LogP contribution in [0.1, 0.15) is 30.1 Å². The zero-order valence-electron chi connectivity index (χ0n) is 17.5. The van der Waals surface area contributed by atoms with E-state index in [2.05, 4.69) is 20.9 Å². The number of nitrogens with one attached hydrogen (secondary N) is 1. The Morgan fingerprint density at radius 2 is 2.06 bits per heavy atom. The average molecular weight is 415 g/mol. The van der Waals surface area contributed by atoms with Gasteiger partial charge in [0.2, 0.25) is 0 Å². The number of hydrogen-bond donors (Lipinski definition) is 1. The van der Waals surface area contributed by atoms with Gasteiger partial charge in [0.15, 0.2) is 0 Å². The van der Waals surface area contributed by atoms with Crippen molar-refractivity contribution in [3.8, 4) is 11.4 Å². The van der Waals surface area contributed by atoms with Crippen molar-refractivity contribution in [3.05, 3.63) is 82.8 Å². The summed E-state index contributed by atoms with van der Waals surface area (Å²) in [7, 11) is 1.71. The number of H-pyrrole nitrogens is 1. The monoisotopic (exact) mass is 415 g/mol. The van der Waals surface area contributed by atoms with E-state index in [4.69, 9.17) is 9.84 Å². The quantitative estimate of drug-likeness (QED) is 0.540. The van der Waals surface area contributed by atoms with E-state index in [1.807, 2.05) is 42.5 Å². The lowest BCUT2D eigenvalue weighted by Gasteiger charge is -2.31. The molecule has 0 bridgehead atoms. The van der Waals surface area contributed by atoms with Crippen LogP contribution in [0.25, 0.3) is 16.5 Å². The topological polar surface area (TPSA) is 76.0 Å². The van der Waals surface area contributed by atoms with Gasteiger partial charge in [-0.15, -0.1) is 5.10 Å². The molecule has 0 spiro atoms. The van der Waals surface area contributed by atoms with Crippen molar-refractivity contribution in [1.29, 1.82) is 0 Å². The second-order valence-electron chi connectivity index (χ2n) is 7.99. The summed E-state index contributed by atoms with van der Waals surface area (Å²) in [6.07, 6.45) is 5.61.